The number of benzene rings is 1. The minimum absolute atomic E-state index is 0. The number of rotatable bonds is 4. The second-order valence-corrected chi connectivity index (χ2v) is 7.39. The molecule has 0 saturated carbocycles. The van der Waals surface area contributed by atoms with E-state index in [2.05, 4.69) is 20.8 Å². The summed E-state index contributed by atoms with van der Waals surface area (Å²) in [7, 11) is 1.75. The number of aromatic nitrogens is 4. The fraction of sp³-hybridized carbons (Fsp3) is 0.400. The van der Waals surface area contributed by atoms with E-state index in [0.29, 0.717) is 29.2 Å². The summed E-state index contributed by atoms with van der Waals surface area (Å²) in [6.07, 6.45) is 3.99. The molecule has 3 heterocycles. The molecule has 8 nitrogen and oxygen atoms in total. The third-order valence-corrected chi connectivity index (χ3v) is 5.19. The number of anilines is 1. The predicted octanol–water partition coefficient (Wildman–Crippen LogP) is 2.11. The van der Waals surface area contributed by atoms with Crippen LogP contribution in [0.3, 0.4) is 0 Å². The number of hydrogen-bond donors (Lipinski definition) is 2. The Morgan fingerprint density at radius 3 is 2.83 bits per heavy atom. The van der Waals surface area contributed by atoms with Crippen LogP contribution < -0.4 is 16.2 Å². The highest BCUT2D eigenvalue weighted by atomic mass is 35.5. The Morgan fingerprint density at radius 1 is 1.28 bits per heavy atom. The lowest BCUT2D eigenvalue weighted by molar-refractivity contribution is 0.102. The zero-order valence-electron chi connectivity index (χ0n) is 16.5. The molecule has 29 heavy (non-hydrogen) atoms. The van der Waals surface area contributed by atoms with Crippen molar-refractivity contribution >= 4 is 35.0 Å². The average Bonchev–Trinajstić information content (AvgIpc) is 3.04. The molecule has 2 N–H and O–H groups in total. The minimum Gasteiger partial charge on any atom is -0.322 e. The molecule has 1 aliphatic rings. The van der Waals surface area contributed by atoms with Crippen LogP contribution in [0.1, 0.15) is 28.8 Å². The van der Waals surface area contributed by atoms with Crippen molar-refractivity contribution in [1.82, 2.24) is 24.9 Å². The van der Waals surface area contributed by atoms with Crippen LogP contribution in [0.15, 0.2) is 35.3 Å². The Balaban J connectivity index is 0.00000240. The molecule has 9 heteroatoms. The molecule has 4 rings (SSSR count). The zero-order valence-corrected chi connectivity index (χ0v) is 17.3. The first-order chi connectivity index (χ1) is 13.5. The number of nitrogens with zero attached hydrogens (tertiary/aromatic N) is 4. The third-order valence-electron chi connectivity index (χ3n) is 5.19. The molecule has 1 atom stereocenters. The molecule has 1 aromatic carbocycles. The van der Waals surface area contributed by atoms with Crippen LogP contribution in [0.5, 0.6) is 0 Å². The van der Waals surface area contributed by atoms with Gasteiger partial charge in [0.2, 0.25) is 0 Å². The van der Waals surface area contributed by atoms with Crippen molar-refractivity contribution in [3.05, 3.63) is 51.9 Å². The maximum Gasteiger partial charge on any atom is 0.263 e. The summed E-state index contributed by atoms with van der Waals surface area (Å²) < 4.78 is 1.66. The van der Waals surface area contributed by atoms with Gasteiger partial charge in [0.25, 0.3) is 11.5 Å². The maximum atomic E-state index is 13.0. The number of piperidine rings is 1. The van der Waals surface area contributed by atoms with E-state index in [4.69, 9.17) is 0 Å². The number of hydrogen-bond acceptors (Lipinski definition) is 5. The van der Waals surface area contributed by atoms with Crippen molar-refractivity contribution in [2.45, 2.75) is 26.3 Å². The van der Waals surface area contributed by atoms with E-state index in [1.54, 1.807) is 42.9 Å². The van der Waals surface area contributed by atoms with Crippen molar-refractivity contribution in [2.24, 2.45) is 13.0 Å². The standard InChI is InChI=1S/C20H24N6O2.ClH/c1-13-7-9-26(12-14-4-3-8-21-11-14)20(28)18(13)19(27)22-15-5-6-16-17(10-15)24-25(2)23-16;/h5-7,9-10,14,21H,3-4,8,11-12H2,1-2H3,(H,22,27);1H. The van der Waals surface area contributed by atoms with Gasteiger partial charge >= 0.3 is 0 Å². The Morgan fingerprint density at radius 2 is 2.07 bits per heavy atom. The van der Waals surface area contributed by atoms with Gasteiger partial charge in [0.1, 0.15) is 16.6 Å². The number of halogens is 1. The first-order valence-electron chi connectivity index (χ1n) is 9.54. The highest BCUT2D eigenvalue weighted by molar-refractivity contribution is 6.05. The van der Waals surface area contributed by atoms with Gasteiger partial charge in [-0.15, -0.1) is 12.4 Å². The second kappa shape index (κ2) is 8.75. The first-order valence-corrected chi connectivity index (χ1v) is 9.54. The van der Waals surface area contributed by atoms with E-state index in [9.17, 15) is 9.59 Å². The van der Waals surface area contributed by atoms with E-state index < -0.39 is 5.91 Å². The highest BCUT2D eigenvalue weighted by Crippen LogP contribution is 2.17. The summed E-state index contributed by atoms with van der Waals surface area (Å²) in [5.74, 6) is 0.00555. The Hall–Kier alpha value is -2.71. The number of amides is 1. The number of nitrogens with one attached hydrogen (secondary N) is 2. The van der Waals surface area contributed by atoms with Gasteiger partial charge in [-0.05, 0) is 68.6 Å². The molecule has 2 aromatic heterocycles. The SMILES string of the molecule is Cc1ccn(CC2CCCNC2)c(=O)c1C(=O)Nc1ccc2nn(C)nc2c1.Cl. The molecule has 0 radical (unpaired) electrons. The smallest absolute Gasteiger partial charge is 0.263 e. The number of fused-ring (bicyclic) bond motifs is 1. The van der Waals surface area contributed by atoms with Gasteiger partial charge in [0.15, 0.2) is 0 Å². The van der Waals surface area contributed by atoms with E-state index >= 15 is 0 Å². The van der Waals surface area contributed by atoms with Crippen LogP contribution >= 0.6 is 12.4 Å². The van der Waals surface area contributed by atoms with Crippen LogP contribution in [0, 0.1) is 12.8 Å². The van der Waals surface area contributed by atoms with Crippen molar-refractivity contribution < 1.29 is 4.79 Å². The summed E-state index contributed by atoms with van der Waals surface area (Å²) in [6, 6.07) is 7.15. The molecule has 1 saturated heterocycles. The summed E-state index contributed by atoms with van der Waals surface area (Å²) >= 11 is 0. The summed E-state index contributed by atoms with van der Waals surface area (Å²) in [6.45, 7) is 4.34. The molecule has 1 amide bonds. The molecule has 0 aliphatic carbocycles. The second-order valence-electron chi connectivity index (χ2n) is 7.39. The van der Waals surface area contributed by atoms with Crippen LogP contribution in [-0.4, -0.2) is 38.6 Å². The van der Waals surface area contributed by atoms with Crippen LogP contribution in [0.2, 0.25) is 0 Å². The minimum atomic E-state index is -0.401. The number of aryl methyl sites for hydroxylation is 2. The van der Waals surface area contributed by atoms with Crippen molar-refractivity contribution in [3.8, 4) is 0 Å². The van der Waals surface area contributed by atoms with Gasteiger partial charge in [-0.2, -0.15) is 15.0 Å². The molecule has 0 spiro atoms. The molecule has 154 valence electrons. The summed E-state index contributed by atoms with van der Waals surface area (Å²) in [5.41, 5.74) is 2.63. The monoisotopic (exact) mass is 416 g/mol. The lowest BCUT2D eigenvalue weighted by atomic mass is 9.99. The molecule has 1 unspecified atom stereocenters. The Bertz CT molecular complexity index is 1080. The topological polar surface area (TPSA) is 93.8 Å². The molecule has 0 bridgehead atoms. The lowest BCUT2D eigenvalue weighted by Crippen LogP contribution is -2.36. The number of pyridine rings is 1. The highest BCUT2D eigenvalue weighted by Gasteiger charge is 2.19. The van der Waals surface area contributed by atoms with Gasteiger partial charge < -0.3 is 15.2 Å². The van der Waals surface area contributed by atoms with Gasteiger partial charge in [-0.1, -0.05) is 0 Å². The average molecular weight is 417 g/mol. The summed E-state index contributed by atoms with van der Waals surface area (Å²) in [4.78, 5) is 27.3. The van der Waals surface area contributed by atoms with E-state index in [-0.39, 0.29) is 23.5 Å². The lowest BCUT2D eigenvalue weighted by Gasteiger charge is -2.23. The first kappa shape index (κ1) is 21.0. The number of carbonyl (C=O) groups is 1. The van der Waals surface area contributed by atoms with Crippen molar-refractivity contribution in [2.75, 3.05) is 18.4 Å². The molecule has 1 fully saturated rings. The van der Waals surface area contributed by atoms with Crippen molar-refractivity contribution in [1.29, 1.82) is 0 Å². The van der Waals surface area contributed by atoms with Crippen molar-refractivity contribution in [3.63, 3.8) is 0 Å². The van der Waals surface area contributed by atoms with E-state index in [0.717, 1.165) is 31.4 Å². The van der Waals surface area contributed by atoms with Crippen LogP contribution in [0.4, 0.5) is 5.69 Å². The molecule has 1 aliphatic heterocycles. The normalized spacial score (nSPS) is 16.4. The van der Waals surface area contributed by atoms with Gasteiger partial charge in [-0.25, -0.2) is 0 Å². The third kappa shape index (κ3) is 4.49. The van der Waals surface area contributed by atoms with Crippen LogP contribution in [-0.2, 0) is 13.6 Å². The largest absolute Gasteiger partial charge is 0.322 e. The Kier molecular flexibility index (Phi) is 6.34. The maximum absolute atomic E-state index is 13.0. The Labute approximate surface area is 174 Å². The fourth-order valence-electron chi connectivity index (χ4n) is 3.74. The van der Waals surface area contributed by atoms with Gasteiger partial charge in [-0.3, -0.25) is 9.59 Å². The molecular formula is C20H25ClN6O2. The van der Waals surface area contributed by atoms with E-state index in [1.165, 1.54) is 4.80 Å². The molecular weight excluding hydrogens is 392 g/mol. The van der Waals surface area contributed by atoms with E-state index in [1.807, 2.05) is 6.07 Å². The fourth-order valence-corrected chi connectivity index (χ4v) is 3.74. The zero-order chi connectivity index (χ0) is 19.7. The predicted molar refractivity (Wildman–Crippen MR) is 115 cm³/mol. The quantitative estimate of drug-likeness (QED) is 0.679. The van der Waals surface area contributed by atoms with Crippen LogP contribution in [0.25, 0.3) is 11.0 Å². The molecule has 3 aromatic rings. The number of carbonyl (C=O) groups excluding carboxylic acids is 1. The summed E-state index contributed by atoms with van der Waals surface area (Å²) in [5, 5.41) is 14.7. The van der Waals surface area contributed by atoms with Gasteiger partial charge in [0, 0.05) is 25.5 Å². The van der Waals surface area contributed by atoms with Gasteiger partial charge in [0.05, 0.1) is 0 Å².